The number of unbranched alkanes of at least 4 members (excludes halogenated alkanes) is 3. The molecule has 0 radical (unpaired) electrons. The Hall–Kier alpha value is -3.36. The molecule has 0 amide bonds. The SMILES string of the molecule is CCCCC(CC)Cn1c(=O)c2c3c(=O)n(CC(CC)CCCC)c(=O)c3c3c(=O)n(CC(CC)CCCC)c(=O)c3c2c1=O. The van der Waals surface area contributed by atoms with E-state index in [4.69, 9.17) is 0 Å². The van der Waals surface area contributed by atoms with Crippen molar-refractivity contribution in [2.45, 2.75) is 138 Å². The Kier molecular flexibility index (Phi) is 11.4. The molecule has 9 nitrogen and oxygen atoms in total. The average molecular weight is 622 g/mol. The molecule has 9 heteroatoms. The lowest BCUT2D eigenvalue weighted by Crippen LogP contribution is -2.30. The van der Waals surface area contributed by atoms with Crippen molar-refractivity contribution in [3.05, 3.63) is 62.1 Å². The zero-order valence-corrected chi connectivity index (χ0v) is 28.1. The second kappa shape index (κ2) is 14.8. The van der Waals surface area contributed by atoms with Gasteiger partial charge in [0.1, 0.15) is 0 Å². The number of nitrogens with zero attached hydrogens (tertiary/aromatic N) is 3. The highest BCUT2D eigenvalue weighted by Gasteiger charge is 2.32. The van der Waals surface area contributed by atoms with E-state index in [-0.39, 0.29) is 69.7 Å². The van der Waals surface area contributed by atoms with Gasteiger partial charge in [-0.1, -0.05) is 99.3 Å². The van der Waals surface area contributed by atoms with Gasteiger partial charge in [-0.3, -0.25) is 42.5 Å². The summed E-state index contributed by atoms with van der Waals surface area (Å²) in [4.78, 5) is 84.6. The smallest absolute Gasteiger partial charge is 0.262 e. The van der Waals surface area contributed by atoms with E-state index in [1.807, 2.05) is 20.8 Å². The molecule has 0 bridgehead atoms. The topological polar surface area (TPSA) is 117 Å². The van der Waals surface area contributed by atoms with Crippen molar-refractivity contribution in [2.75, 3.05) is 0 Å². The van der Waals surface area contributed by atoms with Gasteiger partial charge in [-0.15, -0.1) is 0 Å². The summed E-state index contributed by atoms with van der Waals surface area (Å²) in [6.07, 6.45) is 10.5. The van der Waals surface area contributed by atoms with E-state index in [2.05, 4.69) is 20.8 Å². The molecule has 0 N–H and O–H groups in total. The van der Waals surface area contributed by atoms with E-state index in [0.717, 1.165) is 90.8 Å². The second-order valence-corrected chi connectivity index (χ2v) is 13.2. The standard InChI is InChI=1S/C36H51N3O6/c1-7-13-16-22(10-4)19-37-31(40)25-26(32(37)41)28-30(36(45)39(34(28)43)21-24(12-6)18-15-9-3)29-27(25)33(42)38(35(29)44)20-23(11-5)17-14-8-2/h22-24H,7-21H2,1-6H3. The Morgan fingerprint density at radius 3 is 0.733 bits per heavy atom. The number of aromatic nitrogens is 3. The maximum Gasteiger partial charge on any atom is 0.262 e. The van der Waals surface area contributed by atoms with Crippen LogP contribution in [0.15, 0.2) is 28.8 Å². The van der Waals surface area contributed by atoms with Crippen LogP contribution in [-0.4, -0.2) is 13.7 Å². The maximum absolute atomic E-state index is 14.1. The monoisotopic (exact) mass is 621 g/mol. The molecule has 3 atom stereocenters. The van der Waals surface area contributed by atoms with E-state index < -0.39 is 33.4 Å². The maximum atomic E-state index is 14.1. The summed E-state index contributed by atoms with van der Waals surface area (Å²) in [6.45, 7) is 12.8. The zero-order valence-electron chi connectivity index (χ0n) is 28.1. The minimum atomic E-state index is -0.655. The molecule has 0 saturated heterocycles. The van der Waals surface area contributed by atoms with E-state index in [1.54, 1.807) is 0 Å². The minimum absolute atomic E-state index is 0.0590. The average Bonchev–Trinajstić information content (AvgIpc) is 3.53. The number of hydrogen-bond acceptors (Lipinski definition) is 6. The van der Waals surface area contributed by atoms with Crippen molar-refractivity contribution in [2.24, 2.45) is 17.8 Å². The van der Waals surface area contributed by atoms with Crippen molar-refractivity contribution in [3.63, 3.8) is 0 Å². The molecule has 0 aliphatic carbocycles. The van der Waals surface area contributed by atoms with Crippen LogP contribution in [0.25, 0.3) is 32.3 Å². The highest BCUT2D eigenvalue weighted by atomic mass is 16.2. The Morgan fingerprint density at radius 2 is 0.578 bits per heavy atom. The Bertz CT molecular complexity index is 1590. The minimum Gasteiger partial charge on any atom is -0.274 e. The fourth-order valence-corrected chi connectivity index (χ4v) is 7.14. The molecule has 3 unspecified atom stereocenters. The summed E-state index contributed by atoms with van der Waals surface area (Å²) < 4.78 is 3.42. The molecule has 0 spiro atoms. The molecule has 4 aromatic rings. The third kappa shape index (κ3) is 6.24. The van der Waals surface area contributed by atoms with E-state index in [1.165, 1.54) is 0 Å². The van der Waals surface area contributed by atoms with Gasteiger partial charge in [-0.2, -0.15) is 0 Å². The van der Waals surface area contributed by atoms with Crippen molar-refractivity contribution in [3.8, 4) is 0 Å². The van der Waals surface area contributed by atoms with Crippen molar-refractivity contribution < 1.29 is 0 Å². The molecule has 0 aliphatic rings. The van der Waals surface area contributed by atoms with Gasteiger partial charge in [0.15, 0.2) is 0 Å². The van der Waals surface area contributed by atoms with Gasteiger partial charge < -0.3 is 0 Å². The van der Waals surface area contributed by atoms with Gasteiger partial charge in [0.2, 0.25) is 0 Å². The second-order valence-electron chi connectivity index (χ2n) is 13.2. The first-order chi connectivity index (χ1) is 21.6. The van der Waals surface area contributed by atoms with E-state index in [0.29, 0.717) is 0 Å². The third-order valence-electron chi connectivity index (χ3n) is 10.2. The van der Waals surface area contributed by atoms with Gasteiger partial charge in [0, 0.05) is 19.6 Å². The predicted molar refractivity (Wildman–Crippen MR) is 184 cm³/mol. The molecule has 0 saturated carbocycles. The number of hydrogen-bond donors (Lipinski definition) is 0. The zero-order chi connectivity index (χ0) is 33.0. The summed E-state index contributed by atoms with van der Waals surface area (Å²) in [6, 6.07) is 0. The van der Waals surface area contributed by atoms with Crippen LogP contribution in [0.2, 0.25) is 0 Å². The van der Waals surface area contributed by atoms with Crippen LogP contribution in [0.3, 0.4) is 0 Å². The molecule has 3 aromatic heterocycles. The molecule has 246 valence electrons. The van der Waals surface area contributed by atoms with Crippen molar-refractivity contribution in [1.29, 1.82) is 0 Å². The first kappa shape index (κ1) is 34.5. The number of rotatable bonds is 18. The van der Waals surface area contributed by atoms with Gasteiger partial charge in [-0.25, -0.2) is 0 Å². The molecular weight excluding hydrogens is 570 g/mol. The van der Waals surface area contributed by atoms with Crippen LogP contribution in [0.5, 0.6) is 0 Å². The number of fused-ring (bicyclic) bond motifs is 6. The van der Waals surface area contributed by atoms with Crippen LogP contribution < -0.4 is 33.4 Å². The fourth-order valence-electron chi connectivity index (χ4n) is 7.14. The van der Waals surface area contributed by atoms with Gasteiger partial charge in [0.25, 0.3) is 33.4 Å². The van der Waals surface area contributed by atoms with Crippen molar-refractivity contribution >= 4 is 32.3 Å². The van der Waals surface area contributed by atoms with E-state index in [9.17, 15) is 28.8 Å². The highest BCUT2D eigenvalue weighted by Crippen LogP contribution is 2.27. The summed E-state index contributed by atoms with van der Waals surface area (Å²) in [5.74, 6) is 0.177. The predicted octanol–water partition coefficient (Wildman–Crippen LogP) is 5.67. The van der Waals surface area contributed by atoms with Crippen LogP contribution in [0, 0.1) is 17.8 Å². The lowest BCUT2D eigenvalue weighted by Gasteiger charge is -2.14. The van der Waals surface area contributed by atoms with Crippen LogP contribution in [0.1, 0.15) is 119 Å². The Labute approximate surface area is 263 Å². The van der Waals surface area contributed by atoms with Crippen molar-refractivity contribution in [1.82, 2.24) is 13.7 Å². The van der Waals surface area contributed by atoms with Gasteiger partial charge >= 0.3 is 0 Å². The van der Waals surface area contributed by atoms with E-state index >= 15 is 0 Å². The number of benzene rings is 1. The van der Waals surface area contributed by atoms with Crippen LogP contribution >= 0.6 is 0 Å². The fraction of sp³-hybridized carbons (Fsp3) is 0.667. The lowest BCUT2D eigenvalue weighted by molar-refractivity contribution is 0.383. The van der Waals surface area contributed by atoms with Gasteiger partial charge in [0.05, 0.1) is 32.3 Å². The third-order valence-corrected chi connectivity index (χ3v) is 10.2. The Morgan fingerprint density at radius 1 is 0.378 bits per heavy atom. The Balaban J connectivity index is 2.13. The van der Waals surface area contributed by atoms with Gasteiger partial charge in [-0.05, 0) is 37.0 Å². The molecule has 1 aromatic carbocycles. The summed E-state index contributed by atoms with van der Waals surface area (Å²) in [5, 5.41) is -1.07. The quantitative estimate of drug-likeness (QED) is 0.141. The van der Waals surface area contributed by atoms with Crippen LogP contribution in [0.4, 0.5) is 0 Å². The largest absolute Gasteiger partial charge is 0.274 e. The molecular formula is C36H51N3O6. The highest BCUT2D eigenvalue weighted by molar-refractivity contribution is 6.25. The first-order valence-electron chi connectivity index (χ1n) is 17.4. The summed E-state index contributed by atoms with van der Waals surface area (Å²) in [7, 11) is 0. The summed E-state index contributed by atoms with van der Waals surface area (Å²) in [5.41, 5.74) is -3.93. The summed E-state index contributed by atoms with van der Waals surface area (Å²) >= 11 is 0. The van der Waals surface area contributed by atoms with Crippen LogP contribution in [-0.2, 0) is 19.6 Å². The molecule has 4 rings (SSSR count). The molecule has 0 fully saturated rings. The molecule has 0 aliphatic heterocycles. The normalized spacial score (nSPS) is 14.3. The lowest BCUT2D eigenvalue weighted by atomic mass is 9.99. The molecule has 3 heterocycles. The first-order valence-corrected chi connectivity index (χ1v) is 17.4. The molecule has 45 heavy (non-hydrogen) atoms.